The van der Waals surface area contributed by atoms with Crippen LogP contribution in [0.5, 0.6) is 5.75 Å². The number of ether oxygens (including phenoxy) is 1. The molecule has 0 fully saturated rings. The van der Waals surface area contributed by atoms with Gasteiger partial charge in [-0.2, -0.15) is 0 Å². The van der Waals surface area contributed by atoms with Crippen molar-refractivity contribution in [2.75, 3.05) is 13.2 Å². The molecule has 20 heavy (non-hydrogen) atoms. The van der Waals surface area contributed by atoms with Crippen LogP contribution in [0.1, 0.15) is 52.2 Å². The number of hydrogen-bond acceptors (Lipinski definition) is 3. The van der Waals surface area contributed by atoms with Crippen molar-refractivity contribution in [3.05, 3.63) is 29.3 Å². The van der Waals surface area contributed by atoms with Crippen LogP contribution < -0.4 is 10.5 Å². The second kappa shape index (κ2) is 6.59. The molecule has 0 aliphatic heterocycles. The van der Waals surface area contributed by atoms with E-state index in [0.29, 0.717) is 13.0 Å². The molecule has 3 heteroatoms. The lowest BCUT2D eigenvalue weighted by atomic mass is 9.85. The summed E-state index contributed by atoms with van der Waals surface area (Å²) in [6, 6.07) is 6.36. The summed E-state index contributed by atoms with van der Waals surface area (Å²) in [7, 11) is 0. The minimum Gasteiger partial charge on any atom is -0.493 e. The molecule has 114 valence electrons. The Balaban J connectivity index is 2.84. The summed E-state index contributed by atoms with van der Waals surface area (Å²) < 4.78 is 5.89. The van der Waals surface area contributed by atoms with Crippen molar-refractivity contribution in [2.45, 2.75) is 58.5 Å². The minimum atomic E-state index is -0.856. The van der Waals surface area contributed by atoms with E-state index in [2.05, 4.69) is 39.8 Å². The molecule has 3 N–H and O–H groups in total. The highest BCUT2D eigenvalue weighted by Gasteiger charge is 2.21. The third kappa shape index (κ3) is 4.80. The molecule has 0 spiro atoms. The molecule has 0 aliphatic rings. The highest BCUT2D eigenvalue weighted by Crippen LogP contribution is 2.32. The van der Waals surface area contributed by atoms with Crippen LogP contribution in [0.3, 0.4) is 0 Å². The Kier molecular flexibility index (Phi) is 5.60. The van der Waals surface area contributed by atoms with Gasteiger partial charge in [0.05, 0.1) is 12.2 Å². The molecule has 0 radical (unpaired) electrons. The Bertz CT molecular complexity index is 433. The highest BCUT2D eigenvalue weighted by atomic mass is 16.5. The van der Waals surface area contributed by atoms with Crippen molar-refractivity contribution < 1.29 is 9.84 Å². The first-order valence-electron chi connectivity index (χ1n) is 7.38. The van der Waals surface area contributed by atoms with Gasteiger partial charge in [-0.3, -0.25) is 0 Å². The van der Waals surface area contributed by atoms with Gasteiger partial charge in [0.1, 0.15) is 5.75 Å². The quantitative estimate of drug-likeness (QED) is 0.841. The fraction of sp³-hybridized carbons (Fsp3) is 0.647. The Morgan fingerprint density at radius 3 is 2.35 bits per heavy atom. The molecule has 1 aromatic carbocycles. The molecule has 0 aromatic heterocycles. The zero-order valence-electron chi connectivity index (χ0n) is 13.5. The zero-order valence-corrected chi connectivity index (χ0v) is 13.5. The Morgan fingerprint density at radius 2 is 1.85 bits per heavy atom. The van der Waals surface area contributed by atoms with Crippen molar-refractivity contribution >= 4 is 0 Å². The van der Waals surface area contributed by atoms with Crippen LogP contribution in [0.25, 0.3) is 0 Å². The molecule has 0 heterocycles. The first-order chi connectivity index (χ1) is 9.19. The lowest BCUT2D eigenvalue weighted by Gasteiger charge is -2.25. The second-order valence-corrected chi connectivity index (χ2v) is 6.73. The standard InChI is InChI=1S/C17H29NO2/c1-6-13-7-8-15(14(11-13)16(2,3)4)20-10-9-17(5,19)12-18/h7-8,11,19H,6,9-10,12,18H2,1-5H3. The average Bonchev–Trinajstić information content (AvgIpc) is 2.37. The summed E-state index contributed by atoms with van der Waals surface area (Å²) >= 11 is 0. The molecule has 0 amide bonds. The lowest BCUT2D eigenvalue weighted by Crippen LogP contribution is -2.35. The number of hydrogen-bond donors (Lipinski definition) is 2. The van der Waals surface area contributed by atoms with Gasteiger partial charge >= 0.3 is 0 Å². The van der Waals surface area contributed by atoms with E-state index in [9.17, 15) is 5.11 Å². The van der Waals surface area contributed by atoms with Crippen LogP contribution in [-0.4, -0.2) is 23.9 Å². The van der Waals surface area contributed by atoms with Gasteiger partial charge < -0.3 is 15.6 Å². The molecule has 3 nitrogen and oxygen atoms in total. The summed E-state index contributed by atoms with van der Waals surface area (Å²) in [5, 5.41) is 9.91. The van der Waals surface area contributed by atoms with Gasteiger partial charge in [-0.05, 0) is 36.0 Å². The van der Waals surface area contributed by atoms with E-state index >= 15 is 0 Å². The predicted molar refractivity (Wildman–Crippen MR) is 84.3 cm³/mol. The molecule has 0 bridgehead atoms. The number of benzene rings is 1. The summed E-state index contributed by atoms with van der Waals surface area (Å²) in [6.45, 7) is 11.2. The number of aliphatic hydroxyl groups is 1. The van der Waals surface area contributed by atoms with Crippen LogP contribution in [-0.2, 0) is 11.8 Å². The molecular formula is C17H29NO2. The topological polar surface area (TPSA) is 55.5 Å². The fourth-order valence-corrected chi connectivity index (χ4v) is 1.99. The fourth-order valence-electron chi connectivity index (χ4n) is 1.99. The van der Waals surface area contributed by atoms with E-state index in [0.717, 1.165) is 12.2 Å². The maximum absolute atomic E-state index is 9.91. The average molecular weight is 279 g/mol. The number of nitrogens with two attached hydrogens (primary N) is 1. The molecule has 1 aromatic rings. The van der Waals surface area contributed by atoms with Crippen LogP contribution in [0.15, 0.2) is 18.2 Å². The molecule has 0 saturated carbocycles. The van der Waals surface area contributed by atoms with E-state index in [1.807, 2.05) is 6.07 Å². The van der Waals surface area contributed by atoms with Gasteiger partial charge in [-0.15, -0.1) is 0 Å². The van der Waals surface area contributed by atoms with Crippen molar-refractivity contribution in [1.82, 2.24) is 0 Å². The summed E-state index contributed by atoms with van der Waals surface area (Å²) in [5.74, 6) is 0.905. The van der Waals surface area contributed by atoms with Crippen molar-refractivity contribution in [1.29, 1.82) is 0 Å². The van der Waals surface area contributed by atoms with Crippen LogP contribution >= 0.6 is 0 Å². The van der Waals surface area contributed by atoms with Gasteiger partial charge in [0.2, 0.25) is 0 Å². The second-order valence-electron chi connectivity index (χ2n) is 6.73. The van der Waals surface area contributed by atoms with Gasteiger partial charge in [-0.25, -0.2) is 0 Å². The zero-order chi connectivity index (χ0) is 15.4. The molecule has 1 unspecified atom stereocenters. The Labute approximate surface area is 123 Å². The Hall–Kier alpha value is -1.06. The van der Waals surface area contributed by atoms with Crippen LogP contribution in [0.4, 0.5) is 0 Å². The molecule has 0 aliphatic carbocycles. The van der Waals surface area contributed by atoms with Crippen molar-refractivity contribution in [2.24, 2.45) is 5.73 Å². The number of rotatable bonds is 6. The van der Waals surface area contributed by atoms with E-state index in [-0.39, 0.29) is 12.0 Å². The summed E-state index contributed by atoms with van der Waals surface area (Å²) in [5.41, 5.74) is 7.23. The maximum Gasteiger partial charge on any atom is 0.123 e. The molecular weight excluding hydrogens is 250 g/mol. The first-order valence-corrected chi connectivity index (χ1v) is 7.38. The summed E-state index contributed by atoms with van der Waals surface area (Å²) in [4.78, 5) is 0. The van der Waals surface area contributed by atoms with Gasteiger partial charge in [-0.1, -0.05) is 39.8 Å². The van der Waals surface area contributed by atoms with Gasteiger partial charge in [0, 0.05) is 13.0 Å². The van der Waals surface area contributed by atoms with Gasteiger partial charge in [0.15, 0.2) is 0 Å². The summed E-state index contributed by atoms with van der Waals surface area (Å²) in [6.07, 6.45) is 1.55. The number of aryl methyl sites for hydroxylation is 1. The minimum absolute atomic E-state index is 0.0386. The monoisotopic (exact) mass is 279 g/mol. The Morgan fingerprint density at radius 1 is 1.20 bits per heavy atom. The third-order valence-electron chi connectivity index (χ3n) is 3.60. The normalized spacial score (nSPS) is 14.9. The van der Waals surface area contributed by atoms with Crippen LogP contribution in [0.2, 0.25) is 0 Å². The molecule has 1 rings (SSSR count). The predicted octanol–water partition coefficient (Wildman–Crippen LogP) is 3.03. The first kappa shape index (κ1) is 17.0. The van der Waals surface area contributed by atoms with Crippen molar-refractivity contribution in [3.63, 3.8) is 0 Å². The largest absolute Gasteiger partial charge is 0.493 e. The highest BCUT2D eigenvalue weighted by molar-refractivity contribution is 5.41. The third-order valence-corrected chi connectivity index (χ3v) is 3.60. The molecule has 1 atom stereocenters. The van der Waals surface area contributed by atoms with Crippen LogP contribution in [0, 0.1) is 0 Å². The van der Waals surface area contributed by atoms with E-state index in [1.165, 1.54) is 11.1 Å². The SMILES string of the molecule is CCc1ccc(OCCC(C)(O)CN)c(C(C)(C)C)c1. The van der Waals surface area contributed by atoms with E-state index in [1.54, 1.807) is 6.92 Å². The maximum atomic E-state index is 9.91. The lowest BCUT2D eigenvalue weighted by molar-refractivity contribution is 0.0451. The van der Waals surface area contributed by atoms with Gasteiger partial charge in [0.25, 0.3) is 0 Å². The van der Waals surface area contributed by atoms with Crippen molar-refractivity contribution in [3.8, 4) is 5.75 Å². The van der Waals surface area contributed by atoms with E-state index < -0.39 is 5.60 Å². The smallest absolute Gasteiger partial charge is 0.123 e. The molecule has 0 saturated heterocycles. The van der Waals surface area contributed by atoms with E-state index in [4.69, 9.17) is 10.5 Å².